The van der Waals surface area contributed by atoms with E-state index in [1.807, 2.05) is 5.38 Å². The van der Waals surface area contributed by atoms with Crippen molar-refractivity contribution in [2.45, 2.75) is 18.3 Å². The maximum atomic E-state index is 8.98. The Morgan fingerprint density at radius 1 is 1.54 bits per heavy atom. The highest BCUT2D eigenvalue weighted by Gasteiger charge is 2.46. The molecule has 0 aromatic carbocycles. The van der Waals surface area contributed by atoms with Crippen LogP contribution in [0.2, 0.25) is 0 Å². The number of rotatable bonds is 0. The summed E-state index contributed by atoms with van der Waals surface area (Å²) in [6.45, 7) is 2.15. The molecule has 0 bridgehead atoms. The molecular weight excluding hydrogens is 180 g/mol. The molecule has 2 aliphatic rings. The number of aryl methyl sites for hydroxylation is 1. The average Bonchev–Trinajstić information content (AvgIpc) is 2.58. The van der Waals surface area contributed by atoms with Crippen molar-refractivity contribution in [2.24, 2.45) is 0 Å². The summed E-state index contributed by atoms with van der Waals surface area (Å²) in [4.78, 5) is 1.46. The first-order valence-electron chi connectivity index (χ1n) is 4.57. The maximum absolute atomic E-state index is 8.98. The van der Waals surface area contributed by atoms with Gasteiger partial charge in [0.05, 0.1) is 5.56 Å². The number of nitrogens with zero attached hydrogens (tertiary/aromatic N) is 1. The molecule has 1 N–H and O–H groups in total. The monoisotopic (exact) mass is 190 g/mol. The van der Waals surface area contributed by atoms with Gasteiger partial charge in [-0.2, -0.15) is 5.26 Å². The SMILES string of the molecule is N#Cc1csc2c1C1(CC2)CNC1. The van der Waals surface area contributed by atoms with Gasteiger partial charge in [0.15, 0.2) is 0 Å². The van der Waals surface area contributed by atoms with E-state index >= 15 is 0 Å². The Labute approximate surface area is 81.2 Å². The van der Waals surface area contributed by atoms with E-state index in [9.17, 15) is 0 Å². The summed E-state index contributed by atoms with van der Waals surface area (Å²) >= 11 is 1.76. The number of hydrogen-bond acceptors (Lipinski definition) is 3. The molecule has 1 spiro atoms. The van der Waals surface area contributed by atoms with Gasteiger partial charge < -0.3 is 5.32 Å². The van der Waals surface area contributed by atoms with Gasteiger partial charge in [-0.05, 0) is 18.4 Å². The van der Waals surface area contributed by atoms with E-state index in [4.69, 9.17) is 5.26 Å². The van der Waals surface area contributed by atoms with Crippen molar-refractivity contribution in [3.8, 4) is 6.07 Å². The highest BCUT2D eigenvalue weighted by Crippen LogP contribution is 2.46. The second kappa shape index (κ2) is 2.34. The summed E-state index contributed by atoms with van der Waals surface area (Å²) in [5.74, 6) is 0. The molecule has 1 aromatic rings. The van der Waals surface area contributed by atoms with Crippen LogP contribution in [0.5, 0.6) is 0 Å². The lowest BCUT2D eigenvalue weighted by Gasteiger charge is -2.40. The first-order chi connectivity index (χ1) is 6.36. The summed E-state index contributed by atoms with van der Waals surface area (Å²) < 4.78 is 0. The van der Waals surface area contributed by atoms with Crippen LogP contribution < -0.4 is 5.32 Å². The third-order valence-corrected chi connectivity index (χ3v) is 4.32. The molecule has 66 valence electrons. The van der Waals surface area contributed by atoms with E-state index < -0.39 is 0 Å². The second-order valence-corrected chi connectivity index (χ2v) is 4.91. The fourth-order valence-electron chi connectivity index (χ4n) is 2.50. The Bertz CT molecular complexity index is 396. The molecule has 1 fully saturated rings. The highest BCUT2D eigenvalue weighted by molar-refractivity contribution is 7.10. The summed E-state index contributed by atoms with van der Waals surface area (Å²) in [5.41, 5.74) is 2.65. The molecule has 0 saturated carbocycles. The van der Waals surface area contributed by atoms with Crippen LogP contribution in [0.4, 0.5) is 0 Å². The van der Waals surface area contributed by atoms with Crippen molar-refractivity contribution in [1.82, 2.24) is 5.32 Å². The molecule has 1 aromatic heterocycles. The predicted molar refractivity (Wildman–Crippen MR) is 51.9 cm³/mol. The van der Waals surface area contributed by atoms with E-state index in [2.05, 4.69) is 11.4 Å². The maximum Gasteiger partial charge on any atom is 0.100 e. The van der Waals surface area contributed by atoms with Crippen LogP contribution in [-0.4, -0.2) is 13.1 Å². The van der Waals surface area contributed by atoms with Crippen molar-refractivity contribution in [1.29, 1.82) is 5.26 Å². The third-order valence-electron chi connectivity index (χ3n) is 3.28. The minimum atomic E-state index is 0.348. The number of nitrogens with one attached hydrogen (secondary N) is 1. The highest BCUT2D eigenvalue weighted by atomic mass is 32.1. The number of thiophene rings is 1. The van der Waals surface area contributed by atoms with E-state index in [-0.39, 0.29) is 0 Å². The minimum absolute atomic E-state index is 0.348. The predicted octanol–water partition coefficient (Wildman–Crippen LogP) is 1.41. The number of fused-ring (bicyclic) bond motifs is 2. The molecule has 0 amide bonds. The van der Waals surface area contributed by atoms with Crippen LogP contribution in [-0.2, 0) is 11.8 Å². The molecule has 3 heteroatoms. The fraction of sp³-hybridized carbons (Fsp3) is 0.500. The van der Waals surface area contributed by atoms with Gasteiger partial charge in [-0.3, -0.25) is 0 Å². The largest absolute Gasteiger partial charge is 0.315 e. The first-order valence-corrected chi connectivity index (χ1v) is 5.45. The lowest BCUT2D eigenvalue weighted by Crippen LogP contribution is -2.55. The van der Waals surface area contributed by atoms with E-state index in [0.29, 0.717) is 5.41 Å². The van der Waals surface area contributed by atoms with Crippen LogP contribution in [0.25, 0.3) is 0 Å². The summed E-state index contributed by atoms with van der Waals surface area (Å²) in [6, 6.07) is 2.31. The summed E-state index contributed by atoms with van der Waals surface area (Å²) in [6.07, 6.45) is 2.43. The molecule has 2 heterocycles. The molecule has 2 nitrogen and oxygen atoms in total. The van der Waals surface area contributed by atoms with Crippen LogP contribution in [0, 0.1) is 11.3 Å². The van der Waals surface area contributed by atoms with Crippen molar-refractivity contribution >= 4 is 11.3 Å². The lowest BCUT2D eigenvalue weighted by atomic mass is 9.76. The topological polar surface area (TPSA) is 35.8 Å². The zero-order valence-corrected chi connectivity index (χ0v) is 8.08. The van der Waals surface area contributed by atoms with E-state index in [0.717, 1.165) is 18.7 Å². The smallest absolute Gasteiger partial charge is 0.100 e. The van der Waals surface area contributed by atoms with Gasteiger partial charge in [-0.1, -0.05) is 0 Å². The minimum Gasteiger partial charge on any atom is -0.315 e. The quantitative estimate of drug-likeness (QED) is 0.671. The Kier molecular flexibility index (Phi) is 1.36. The normalized spacial score (nSPS) is 22.4. The van der Waals surface area contributed by atoms with E-state index in [1.54, 1.807) is 11.3 Å². The van der Waals surface area contributed by atoms with Gasteiger partial charge in [0.1, 0.15) is 6.07 Å². The van der Waals surface area contributed by atoms with Crippen LogP contribution in [0.1, 0.15) is 22.4 Å². The summed E-state index contributed by atoms with van der Waals surface area (Å²) in [7, 11) is 0. The van der Waals surface area contributed by atoms with Crippen molar-refractivity contribution in [3.05, 3.63) is 21.4 Å². The Balaban J connectivity index is 2.18. The molecule has 0 radical (unpaired) electrons. The molecule has 0 unspecified atom stereocenters. The zero-order chi connectivity index (χ0) is 8.89. The van der Waals surface area contributed by atoms with Gasteiger partial charge in [-0.25, -0.2) is 0 Å². The average molecular weight is 190 g/mol. The molecule has 3 rings (SSSR count). The summed E-state index contributed by atoms with van der Waals surface area (Å²) in [5, 5.41) is 14.3. The van der Waals surface area contributed by atoms with Crippen LogP contribution >= 0.6 is 11.3 Å². The Morgan fingerprint density at radius 2 is 2.38 bits per heavy atom. The van der Waals surface area contributed by atoms with Crippen molar-refractivity contribution < 1.29 is 0 Å². The number of hydrogen-bond donors (Lipinski definition) is 1. The van der Waals surface area contributed by atoms with Crippen LogP contribution in [0.15, 0.2) is 5.38 Å². The van der Waals surface area contributed by atoms with Gasteiger partial charge in [0.25, 0.3) is 0 Å². The van der Waals surface area contributed by atoms with Gasteiger partial charge in [0.2, 0.25) is 0 Å². The molecule has 1 aliphatic heterocycles. The van der Waals surface area contributed by atoms with E-state index in [1.165, 1.54) is 23.3 Å². The molecule has 1 aliphatic carbocycles. The lowest BCUT2D eigenvalue weighted by molar-refractivity contribution is 0.276. The van der Waals surface area contributed by atoms with Gasteiger partial charge >= 0.3 is 0 Å². The fourth-order valence-corrected chi connectivity index (χ4v) is 3.60. The molecule has 1 saturated heterocycles. The molecular formula is C10H10N2S. The number of nitriles is 1. The van der Waals surface area contributed by atoms with Crippen molar-refractivity contribution in [2.75, 3.05) is 13.1 Å². The Morgan fingerprint density at radius 3 is 3.00 bits per heavy atom. The molecule has 13 heavy (non-hydrogen) atoms. The second-order valence-electron chi connectivity index (χ2n) is 3.94. The van der Waals surface area contributed by atoms with Crippen molar-refractivity contribution in [3.63, 3.8) is 0 Å². The molecule has 0 atom stereocenters. The standard InChI is InChI=1S/C10H10N2S/c11-3-7-4-13-8-1-2-10(9(7)8)5-12-6-10/h4,12H,1-2,5-6H2. The van der Waals surface area contributed by atoms with Gasteiger partial charge in [-0.15, -0.1) is 11.3 Å². The van der Waals surface area contributed by atoms with Crippen LogP contribution in [0.3, 0.4) is 0 Å². The first kappa shape index (κ1) is 7.54. The zero-order valence-electron chi connectivity index (χ0n) is 7.26. The van der Waals surface area contributed by atoms with Gasteiger partial charge in [0, 0.05) is 28.8 Å². The third kappa shape index (κ3) is 0.800. The Hall–Kier alpha value is -0.850.